The third-order valence-electron chi connectivity index (χ3n) is 5.77. The van der Waals surface area contributed by atoms with Crippen LogP contribution in [0.5, 0.6) is 0 Å². The van der Waals surface area contributed by atoms with E-state index in [9.17, 15) is 23.6 Å². The molecule has 0 radical (unpaired) electrons. The quantitative estimate of drug-likeness (QED) is 0.393. The maximum atomic E-state index is 13.3. The second-order valence-electron chi connectivity index (χ2n) is 8.40. The molecule has 188 valence electrons. The smallest absolute Gasteiger partial charge is 0.343 e. The van der Waals surface area contributed by atoms with Gasteiger partial charge in [0.1, 0.15) is 5.82 Å². The van der Waals surface area contributed by atoms with E-state index in [1.165, 1.54) is 18.2 Å². The third kappa shape index (κ3) is 6.56. The first-order chi connectivity index (χ1) is 17.4. The van der Waals surface area contributed by atoms with Crippen LogP contribution in [0.4, 0.5) is 14.9 Å². The van der Waals surface area contributed by atoms with Crippen LogP contribution >= 0.6 is 0 Å². The fourth-order valence-electron chi connectivity index (χ4n) is 3.94. The second-order valence-corrected chi connectivity index (χ2v) is 8.40. The molecule has 1 saturated heterocycles. The minimum Gasteiger partial charge on any atom is -0.343 e. The highest BCUT2D eigenvalue weighted by atomic mass is 19.1. The Balaban J connectivity index is 1.21. The van der Waals surface area contributed by atoms with E-state index in [0.29, 0.717) is 36.4 Å². The van der Waals surface area contributed by atoms with Gasteiger partial charge in [-0.1, -0.05) is 23.4 Å². The van der Waals surface area contributed by atoms with Crippen molar-refractivity contribution in [2.45, 2.75) is 12.8 Å². The highest BCUT2D eigenvalue weighted by Crippen LogP contribution is 2.17. The van der Waals surface area contributed by atoms with E-state index in [0.717, 1.165) is 12.8 Å². The third-order valence-corrected chi connectivity index (χ3v) is 5.77. The molecule has 1 unspecified atom stereocenters. The summed E-state index contributed by atoms with van der Waals surface area (Å²) in [7, 11) is 0. The SMILES string of the molecule is O=C(NCC1CCCN(C(=O)CNC(=O)c2ccc(-c3noc(=O)[nH]3)cc2)C1)Nc1cccc(F)c1. The summed E-state index contributed by atoms with van der Waals surface area (Å²) >= 11 is 0. The molecule has 12 heteroatoms. The number of anilines is 1. The minimum absolute atomic E-state index is 0.0622. The van der Waals surface area contributed by atoms with Crippen molar-refractivity contribution >= 4 is 23.5 Å². The van der Waals surface area contributed by atoms with E-state index >= 15 is 0 Å². The molecule has 1 aliphatic heterocycles. The lowest BCUT2D eigenvalue weighted by Gasteiger charge is -2.33. The van der Waals surface area contributed by atoms with Crippen molar-refractivity contribution in [2.75, 3.05) is 31.5 Å². The van der Waals surface area contributed by atoms with Crippen molar-refractivity contribution in [1.29, 1.82) is 0 Å². The number of carbonyl (C=O) groups is 3. The first-order valence-corrected chi connectivity index (χ1v) is 11.4. The van der Waals surface area contributed by atoms with Crippen molar-refractivity contribution in [3.05, 3.63) is 70.5 Å². The van der Waals surface area contributed by atoms with Crippen LogP contribution in [0.15, 0.2) is 57.8 Å². The second kappa shape index (κ2) is 11.3. The van der Waals surface area contributed by atoms with Gasteiger partial charge in [0.25, 0.3) is 5.91 Å². The molecule has 0 bridgehead atoms. The monoisotopic (exact) mass is 496 g/mol. The molecular formula is C24H25FN6O5. The Morgan fingerprint density at radius 1 is 1.14 bits per heavy atom. The number of benzene rings is 2. The van der Waals surface area contributed by atoms with Gasteiger partial charge in [0.15, 0.2) is 5.82 Å². The normalized spacial score (nSPS) is 15.2. The molecule has 0 saturated carbocycles. The van der Waals surface area contributed by atoms with E-state index < -0.39 is 23.5 Å². The number of amides is 4. The first-order valence-electron chi connectivity index (χ1n) is 11.4. The molecule has 0 aliphatic carbocycles. The van der Waals surface area contributed by atoms with Gasteiger partial charge in [-0.25, -0.2) is 14.0 Å². The van der Waals surface area contributed by atoms with Crippen molar-refractivity contribution in [1.82, 2.24) is 25.7 Å². The summed E-state index contributed by atoms with van der Waals surface area (Å²) in [6.07, 6.45) is 1.63. The van der Waals surface area contributed by atoms with Crippen LogP contribution in [-0.2, 0) is 4.79 Å². The number of hydrogen-bond acceptors (Lipinski definition) is 6. The van der Waals surface area contributed by atoms with E-state index in [-0.39, 0.29) is 24.2 Å². The van der Waals surface area contributed by atoms with Gasteiger partial charge >= 0.3 is 11.8 Å². The van der Waals surface area contributed by atoms with Crippen LogP contribution in [0, 0.1) is 11.7 Å². The van der Waals surface area contributed by atoms with Crippen molar-refractivity contribution in [3.8, 4) is 11.4 Å². The van der Waals surface area contributed by atoms with Crippen LogP contribution < -0.4 is 21.7 Å². The number of piperidine rings is 1. The summed E-state index contributed by atoms with van der Waals surface area (Å²) in [5.41, 5.74) is 1.28. The Morgan fingerprint density at radius 3 is 2.67 bits per heavy atom. The largest absolute Gasteiger partial charge is 0.439 e. The number of hydrogen-bond donors (Lipinski definition) is 4. The summed E-state index contributed by atoms with van der Waals surface area (Å²) in [5.74, 6) is -1.42. The molecule has 36 heavy (non-hydrogen) atoms. The molecule has 0 spiro atoms. The number of nitrogens with zero attached hydrogens (tertiary/aromatic N) is 2. The lowest BCUT2D eigenvalue weighted by molar-refractivity contribution is -0.131. The van der Waals surface area contributed by atoms with Crippen molar-refractivity contribution in [2.24, 2.45) is 5.92 Å². The molecule has 1 aliphatic rings. The molecule has 1 atom stereocenters. The van der Waals surface area contributed by atoms with Gasteiger partial charge in [0.05, 0.1) is 6.54 Å². The Bertz CT molecular complexity index is 1290. The minimum atomic E-state index is -0.673. The average molecular weight is 496 g/mol. The van der Waals surface area contributed by atoms with Crippen LogP contribution in [-0.4, -0.2) is 59.1 Å². The molecule has 4 amide bonds. The van der Waals surface area contributed by atoms with E-state index in [2.05, 4.69) is 30.6 Å². The lowest BCUT2D eigenvalue weighted by atomic mass is 9.98. The number of aromatic nitrogens is 2. The molecule has 1 fully saturated rings. The fraction of sp³-hybridized carbons (Fsp3) is 0.292. The molecule has 11 nitrogen and oxygen atoms in total. The Hall–Kier alpha value is -4.48. The van der Waals surface area contributed by atoms with E-state index in [4.69, 9.17) is 0 Å². The maximum absolute atomic E-state index is 13.3. The van der Waals surface area contributed by atoms with Crippen LogP contribution in [0.25, 0.3) is 11.4 Å². The summed E-state index contributed by atoms with van der Waals surface area (Å²) in [6.45, 7) is 1.24. The zero-order chi connectivity index (χ0) is 25.5. The fourth-order valence-corrected chi connectivity index (χ4v) is 3.94. The topological polar surface area (TPSA) is 149 Å². The van der Waals surface area contributed by atoms with Crippen LogP contribution in [0.2, 0.25) is 0 Å². The molecule has 2 aromatic carbocycles. The Kier molecular flexibility index (Phi) is 7.73. The molecule has 4 N–H and O–H groups in total. The summed E-state index contributed by atoms with van der Waals surface area (Å²) in [6, 6.07) is 11.5. The Labute approximate surface area is 205 Å². The highest BCUT2D eigenvalue weighted by Gasteiger charge is 2.24. The highest BCUT2D eigenvalue weighted by molar-refractivity contribution is 5.96. The number of nitrogens with one attached hydrogen (secondary N) is 4. The summed E-state index contributed by atoms with van der Waals surface area (Å²) < 4.78 is 17.7. The van der Waals surface area contributed by atoms with E-state index in [1.807, 2.05) is 0 Å². The number of aromatic amines is 1. The molecule has 2 heterocycles. The molecular weight excluding hydrogens is 471 g/mol. The lowest BCUT2D eigenvalue weighted by Crippen LogP contribution is -2.47. The van der Waals surface area contributed by atoms with Gasteiger partial charge in [-0.15, -0.1) is 0 Å². The Morgan fingerprint density at radius 2 is 1.94 bits per heavy atom. The zero-order valence-electron chi connectivity index (χ0n) is 19.3. The zero-order valence-corrected chi connectivity index (χ0v) is 19.3. The van der Waals surface area contributed by atoms with Crippen molar-refractivity contribution in [3.63, 3.8) is 0 Å². The first kappa shape index (κ1) is 24.6. The van der Waals surface area contributed by atoms with Gasteiger partial charge in [0, 0.05) is 36.4 Å². The number of carbonyl (C=O) groups excluding carboxylic acids is 3. The van der Waals surface area contributed by atoms with E-state index in [1.54, 1.807) is 35.2 Å². The van der Waals surface area contributed by atoms with Gasteiger partial charge < -0.3 is 20.9 Å². The molecule has 4 rings (SSSR count). The number of halogens is 1. The molecule has 3 aromatic rings. The van der Waals surface area contributed by atoms with Gasteiger partial charge in [-0.05, 0) is 49.1 Å². The van der Waals surface area contributed by atoms with Crippen LogP contribution in [0.1, 0.15) is 23.2 Å². The average Bonchev–Trinajstić information content (AvgIpc) is 3.32. The number of rotatable bonds is 7. The van der Waals surface area contributed by atoms with Gasteiger partial charge in [-0.3, -0.25) is 19.1 Å². The number of urea groups is 1. The summed E-state index contributed by atoms with van der Waals surface area (Å²) in [4.78, 5) is 52.4. The standard InChI is InChI=1S/C24H25FN6O5/c25-18-4-1-5-19(11-18)28-23(34)27-12-15-3-2-10-31(14-15)20(32)13-26-22(33)17-8-6-16(7-9-17)21-29-24(35)36-30-21/h1,4-9,11,15H,2-3,10,12-14H2,(H,26,33)(H2,27,28,34)(H,29,30,35). The maximum Gasteiger partial charge on any atom is 0.439 e. The number of H-pyrrole nitrogens is 1. The van der Waals surface area contributed by atoms with Gasteiger partial charge in [-0.2, -0.15) is 0 Å². The van der Waals surface area contributed by atoms with Crippen molar-refractivity contribution < 1.29 is 23.3 Å². The predicted molar refractivity (Wildman–Crippen MR) is 128 cm³/mol. The number of likely N-dealkylation sites (tertiary alicyclic amines) is 1. The van der Waals surface area contributed by atoms with Gasteiger partial charge in [0.2, 0.25) is 5.91 Å². The van der Waals surface area contributed by atoms with Crippen LogP contribution in [0.3, 0.4) is 0 Å². The molecule has 1 aromatic heterocycles. The predicted octanol–water partition coefficient (Wildman–Crippen LogP) is 1.96. The summed E-state index contributed by atoms with van der Waals surface area (Å²) in [5, 5.41) is 11.5.